The molecule has 2 unspecified atom stereocenters. The molecule has 1 amide bonds. The molecule has 0 N–H and O–H groups in total. The first-order valence-electron chi connectivity index (χ1n) is 8.97. The van der Waals surface area contributed by atoms with Crippen molar-refractivity contribution in [1.82, 2.24) is 24.9 Å². The Hall–Kier alpha value is -2.28. The van der Waals surface area contributed by atoms with Crippen molar-refractivity contribution in [2.45, 2.75) is 51.2 Å². The van der Waals surface area contributed by atoms with E-state index in [1.807, 2.05) is 23.1 Å². The number of carbonyl (C=O) groups is 1. The summed E-state index contributed by atoms with van der Waals surface area (Å²) in [4.78, 5) is 25.1. The quantitative estimate of drug-likeness (QED) is 0.848. The molecule has 4 rings (SSSR count). The van der Waals surface area contributed by atoms with Crippen LogP contribution in [0.5, 0.6) is 0 Å². The van der Waals surface area contributed by atoms with E-state index in [2.05, 4.69) is 20.0 Å². The fourth-order valence-electron chi connectivity index (χ4n) is 4.16. The van der Waals surface area contributed by atoms with Gasteiger partial charge in [-0.05, 0) is 44.4 Å². The van der Waals surface area contributed by atoms with E-state index >= 15 is 0 Å². The van der Waals surface area contributed by atoms with Crippen LogP contribution in [0.15, 0.2) is 28.9 Å². The van der Waals surface area contributed by atoms with Gasteiger partial charge in [-0.1, -0.05) is 11.2 Å². The molecule has 2 aromatic heterocycles. The summed E-state index contributed by atoms with van der Waals surface area (Å²) in [5, 5.41) is 4.05. The van der Waals surface area contributed by atoms with E-state index in [1.54, 1.807) is 13.1 Å². The minimum Gasteiger partial charge on any atom is -0.338 e. The Morgan fingerprint density at radius 2 is 2.08 bits per heavy atom. The average Bonchev–Trinajstić information content (AvgIpc) is 3.36. The van der Waals surface area contributed by atoms with Gasteiger partial charge < -0.3 is 9.42 Å². The molecule has 4 heterocycles. The van der Waals surface area contributed by atoms with Gasteiger partial charge >= 0.3 is 0 Å². The molecule has 0 saturated carbocycles. The summed E-state index contributed by atoms with van der Waals surface area (Å²) in [6.45, 7) is 4.20. The highest BCUT2D eigenvalue weighted by Gasteiger charge is 2.39. The first-order chi connectivity index (χ1) is 12.2. The maximum Gasteiger partial charge on any atom is 0.241 e. The number of pyridine rings is 1. The van der Waals surface area contributed by atoms with E-state index in [9.17, 15) is 4.79 Å². The summed E-state index contributed by atoms with van der Waals surface area (Å²) in [7, 11) is 0. The predicted molar refractivity (Wildman–Crippen MR) is 91.4 cm³/mol. The minimum atomic E-state index is 0.185. The molecule has 0 radical (unpaired) electrons. The molecular weight excluding hydrogens is 318 g/mol. The van der Waals surface area contributed by atoms with Crippen LogP contribution < -0.4 is 0 Å². The van der Waals surface area contributed by atoms with Crippen LogP contribution in [0.2, 0.25) is 0 Å². The molecule has 25 heavy (non-hydrogen) atoms. The predicted octanol–water partition coefficient (Wildman–Crippen LogP) is 2.11. The summed E-state index contributed by atoms with van der Waals surface area (Å²) >= 11 is 0. The highest BCUT2D eigenvalue weighted by Crippen LogP contribution is 2.31. The Bertz CT molecular complexity index is 732. The minimum absolute atomic E-state index is 0.185. The largest absolute Gasteiger partial charge is 0.338 e. The molecule has 0 aromatic carbocycles. The van der Waals surface area contributed by atoms with E-state index in [-0.39, 0.29) is 5.91 Å². The second-order valence-corrected chi connectivity index (χ2v) is 6.83. The van der Waals surface area contributed by atoms with E-state index < -0.39 is 0 Å². The van der Waals surface area contributed by atoms with Gasteiger partial charge in [-0.3, -0.25) is 14.7 Å². The Kier molecular flexibility index (Phi) is 4.48. The molecule has 7 heteroatoms. The third-order valence-corrected chi connectivity index (χ3v) is 5.26. The highest BCUT2D eigenvalue weighted by molar-refractivity contribution is 5.74. The third kappa shape index (κ3) is 3.28. The summed E-state index contributed by atoms with van der Waals surface area (Å²) in [5.41, 5.74) is 0.717. The second kappa shape index (κ2) is 6.92. The van der Waals surface area contributed by atoms with Gasteiger partial charge in [0.05, 0.1) is 6.54 Å². The molecule has 0 spiro atoms. The topological polar surface area (TPSA) is 75.4 Å². The monoisotopic (exact) mass is 341 g/mol. The van der Waals surface area contributed by atoms with Crippen LogP contribution >= 0.6 is 0 Å². The maximum atomic E-state index is 11.9. The number of nitrogens with zero attached hydrogens (tertiary/aromatic N) is 5. The number of hydrogen-bond acceptors (Lipinski definition) is 6. The summed E-state index contributed by atoms with van der Waals surface area (Å²) in [5.74, 6) is 1.32. The standard InChI is InChI=1S/C18H23N5O2/c1-13(24)23-11-5-8-16(23)15-7-4-10-22(15)12-17-20-18(21-25-17)14-6-2-3-9-19-14/h2-3,6,9,15-16H,4-5,7-8,10-12H2,1H3. The molecule has 2 aliphatic heterocycles. The zero-order valence-electron chi connectivity index (χ0n) is 14.5. The van der Waals surface area contributed by atoms with Crippen molar-refractivity contribution in [2.75, 3.05) is 13.1 Å². The number of hydrogen-bond donors (Lipinski definition) is 0. The lowest BCUT2D eigenvalue weighted by molar-refractivity contribution is -0.130. The molecule has 2 fully saturated rings. The zero-order valence-corrected chi connectivity index (χ0v) is 14.5. The van der Waals surface area contributed by atoms with E-state index in [1.165, 1.54) is 0 Å². The van der Waals surface area contributed by atoms with Crippen molar-refractivity contribution in [1.29, 1.82) is 0 Å². The molecule has 132 valence electrons. The lowest BCUT2D eigenvalue weighted by Crippen LogP contribution is -2.47. The number of likely N-dealkylation sites (tertiary alicyclic amines) is 2. The van der Waals surface area contributed by atoms with Gasteiger partial charge in [0, 0.05) is 31.7 Å². The number of aromatic nitrogens is 3. The van der Waals surface area contributed by atoms with Crippen LogP contribution in [-0.4, -0.2) is 56.0 Å². The summed E-state index contributed by atoms with van der Waals surface area (Å²) < 4.78 is 5.44. The Morgan fingerprint density at radius 1 is 1.24 bits per heavy atom. The Morgan fingerprint density at radius 3 is 2.88 bits per heavy atom. The molecule has 2 aromatic rings. The lowest BCUT2D eigenvalue weighted by Gasteiger charge is -2.33. The van der Waals surface area contributed by atoms with Gasteiger partial charge in [-0.2, -0.15) is 4.98 Å². The Balaban J connectivity index is 1.47. The van der Waals surface area contributed by atoms with Crippen molar-refractivity contribution in [3.8, 4) is 11.5 Å². The number of carbonyl (C=O) groups excluding carboxylic acids is 1. The van der Waals surface area contributed by atoms with Gasteiger partial charge in [0.1, 0.15) is 5.69 Å². The van der Waals surface area contributed by atoms with E-state index in [0.29, 0.717) is 36.0 Å². The average molecular weight is 341 g/mol. The van der Waals surface area contributed by atoms with Crippen LogP contribution in [0.3, 0.4) is 0 Å². The maximum absolute atomic E-state index is 11.9. The van der Waals surface area contributed by atoms with E-state index in [4.69, 9.17) is 4.52 Å². The highest BCUT2D eigenvalue weighted by atomic mass is 16.5. The van der Waals surface area contributed by atoms with Crippen LogP contribution in [0.25, 0.3) is 11.5 Å². The first kappa shape index (κ1) is 16.2. The molecule has 2 saturated heterocycles. The zero-order chi connectivity index (χ0) is 17.2. The second-order valence-electron chi connectivity index (χ2n) is 6.83. The molecule has 0 aliphatic carbocycles. The van der Waals surface area contributed by atoms with Crippen LogP contribution in [0, 0.1) is 0 Å². The van der Waals surface area contributed by atoms with Gasteiger partial charge in [-0.25, -0.2) is 0 Å². The lowest BCUT2D eigenvalue weighted by atomic mass is 10.0. The van der Waals surface area contributed by atoms with Crippen molar-refractivity contribution in [2.24, 2.45) is 0 Å². The SMILES string of the molecule is CC(=O)N1CCCC1C1CCCN1Cc1nc(-c2ccccn2)no1. The van der Waals surface area contributed by atoms with Crippen molar-refractivity contribution in [3.63, 3.8) is 0 Å². The first-order valence-corrected chi connectivity index (χ1v) is 8.97. The molecular formula is C18H23N5O2. The fourth-order valence-corrected chi connectivity index (χ4v) is 4.16. The van der Waals surface area contributed by atoms with Crippen molar-refractivity contribution in [3.05, 3.63) is 30.3 Å². The molecule has 2 atom stereocenters. The number of rotatable bonds is 4. The normalized spacial score (nSPS) is 24.1. The Labute approximate surface area is 147 Å². The smallest absolute Gasteiger partial charge is 0.241 e. The molecule has 2 aliphatic rings. The van der Waals surface area contributed by atoms with E-state index in [0.717, 1.165) is 38.8 Å². The van der Waals surface area contributed by atoms with Gasteiger partial charge in [0.2, 0.25) is 17.6 Å². The third-order valence-electron chi connectivity index (χ3n) is 5.26. The molecule has 7 nitrogen and oxygen atoms in total. The van der Waals surface area contributed by atoms with Gasteiger partial charge in [0.25, 0.3) is 0 Å². The molecule has 0 bridgehead atoms. The van der Waals surface area contributed by atoms with Crippen molar-refractivity contribution >= 4 is 5.91 Å². The van der Waals surface area contributed by atoms with Crippen molar-refractivity contribution < 1.29 is 9.32 Å². The van der Waals surface area contributed by atoms with Crippen LogP contribution in [0.1, 0.15) is 38.5 Å². The fraction of sp³-hybridized carbons (Fsp3) is 0.556. The van der Waals surface area contributed by atoms with Crippen LogP contribution in [-0.2, 0) is 11.3 Å². The van der Waals surface area contributed by atoms with Gasteiger partial charge in [-0.15, -0.1) is 0 Å². The number of amides is 1. The van der Waals surface area contributed by atoms with Gasteiger partial charge in [0.15, 0.2) is 0 Å². The van der Waals surface area contributed by atoms with Crippen LogP contribution in [0.4, 0.5) is 0 Å². The summed E-state index contributed by atoms with van der Waals surface area (Å²) in [6, 6.07) is 6.35. The summed E-state index contributed by atoms with van der Waals surface area (Å²) in [6.07, 6.45) is 6.17.